The van der Waals surface area contributed by atoms with Gasteiger partial charge in [0.1, 0.15) is 0 Å². The van der Waals surface area contributed by atoms with E-state index in [4.69, 9.17) is 18.9 Å². The first kappa shape index (κ1) is 28.8. The van der Waals surface area contributed by atoms with Gasteiger partial charge in [-0.25, -0.2) is 0 Å². The molecule has 0 rings (SSSR count). The summed E-state index contributed by atoms with van der Waals surface area (Å²) >= 11 is 0. The molecule has 0 N–H and O–H groups in total. The van der Waals surface area contributed by atoms with Gasteiger partial charge < -0.3 is 18.9 Å². The lowest BCUT2D eigenvalue weighted by atomic mass is 10.4. The summed E-state index contributed by atoms with van der Waals surface area (Å²) in [6, 6.07) is 0. The number of carbonyl (C=O) groups is 2. The Morgan fingerprint density at radius 1 is 0.533 bits per heavy atom. The molecule has 0 aliphatic carbocycles. The van der Waals surface area contributed by atoms with Crippen molar-refractivity contribution >= 4 is 11.9 Å². The lowest BCUT2D eigenvalue weighted by Crippen LogP contribution is -2.49. The van der Waals surface area contributed by atoms with Crippen LogP contribution in [-0.4, -0.2) is 100 Å². The van der Waals surface area contributed by atoms with Crippen molar-refractivity contribution in [2.75, 3.05) is 79.2 Å². The molecule has 8 nitrogen and oxygen atoms in total. The van der Waals surface area contributed by atoms with E-state index in [0.717, 1.165) is 48.2 Å². The van der Waals surface area contributed by atoms with Crippen LogP contribution in [0.3, 0.4) is 0 Å². The Labute approximate surface area is 183 Å². The van der Waals surface area contributed by atoms with E-state index < -0.39 is 0 Å². The minimum atomic E-state index is -0.239. The maximum atomic E-state index is 11.8. The predicted octanol–water partition coefficient (Wildman–Crippen LogP) is 2.55. The molecule has 178 valence electrons. The number of quaternary nitrogens is 2. The van der Waals surface area contributed by atoms with E-state index in [2.05, 4.69) is 41.5 Å². The predicted molar refractivity (Wildman–Crippen MR) is 117 cm³/mol. The molecule has 0 saturated carbocycles. The van der Waals surface area contributed by atoms with Gasteiger partial charge in [-0.05, 0) is 41.5 Å². The zero-order chi connectivity index (χ0) is 22.9. The number of ether oxygens (including phenoxy) is 4. The van der Waals surface area contributed by atoms with Gasteiger partial charge >= 0.3 is 11.9 Å². The molecule has 0 fully saturated rings. The fourth-order valence-electron chi connectivity index (χ4n) is 3.08. The maximum absolute atomic E-state index is 11.8. The van der Waals surface area contributed by atoms with Gasteiger partial charge in [-0.15, -0.1) is 0 Å². The van der Waals surface area contributed by atoms with Crippen molar-refractivity contribution in [3.63, 3.8) is 0 Å². The maximum Gasteiger partial charge on any atom is 0.312 e. The number of rotatable bonds is 19. The highest BCUT2D eigenvalue weighted by molar-refractivity contribution is 5.69. The van der Waals surface area contributed by atoms with E-state index in [9.17, 15) is 9.59 Å². The van der Waals surface area contributed by atoms with Crippen molar-refractivity contribution < 1.29 is 37.5 Å². The normalized spacial score (nSPS) is 12.1. The molecule has 0 atom stereocenters. The first-order chi connectivity index (χ1) is 14.4. The molecule has 0 aliphatic rings. The van der Waals surface area contributed by atoms with E-state index in [1.54, 1.807) is 0 Å². The third kappa shape index (κ3) is 11.2. The van der Waals surface area contributed by atoms with Gasteiger partial charge in [-0.1, -0.05) is 0 Å². The Balaban J connectivity index is 3.74. The largest absolute Gasteiger partial charge is 0.415 e. The number of hydrogen-bond acceptors (Lipinski definition) is 6. The van der Waals surface area contributed by atoms with Gasteiger partial charge in [0, 0.05) is 0 Å². The molecule has 0 aromatic rings. The molecular weight excluding hydrogens is 388 g/mol. The highest BCUT2D eigenvalue weighted by Gasteiger charge is 2.23. The van der Waals surface area contributed by atoms with Crippen LogP contribution in [0, 0.1) is 0 Å². The fraction of sp³-hybridized carbons (Fsp3) is 0.909. The smallest absolute Gasteiger partial charge is 0.312 e. The van der Waals surface area contributed by atoms with Crippen LogP contribution < -0.4 is 0 Å². The zero-order valence-corrected chi connectivity index (χ0v) is 20.2. The van der Waals surface area contributed by atoms with Crippen LogP contribution in [0.4, 0.5) is 0 Å². The highest BCUT2D eigenvalue weighted by Crippen LogP contribution is 2.07. The topological polar surface area (TPSA) is 71.1 Å². The van der Waals surface area contributed by atoms with Crippen LogP contribution in [0.25, 0.3) is 0 Å². The van der Waals surface area contributed by atoms with Crippen molar-refractivity contribution in [2.24, 2.45) is 0 Å². The number of hydrogen-bond donors (Lipinski definition) is 0. The minimum absolute atomic E-state index is 0.232. The van der Waals surface area contributed by atoms with Crippen LogP contribution in [0.2, 0.25) is 0 Å². The first-order valence-corrected chi connectivity index (χ1v) is 11.5. The van der Waals surface area contributed by atoms with Gasteiger partial charge in [0.05, 0.1) is 78.5 Å². The summed E-state index contributed by atoms with van der Waals surface area (Å²) in [5, 5.41) is 0. The lowest BCUT2D eigenvalue weighted by molar-refractivity contribution is -0.938. The van der Waals surface area contributed by atoms with E-state index >= 15 is 0 Å². The molecule has 0 heterocycles. The van der Waals surface area contributed by atoms with Crippen LogP contribution in [0.15, 0.2) is 0 Å². The second kappa shape index (κ2) is 16.5. The Kier molecular flexibility index (Phi) is 15.8. The van der Waals surface area contributed by atoms with Crippen molar-refractivity contribution in [2.45, 2.75) is 54.4 Å². The number of carbonyl (C=O) groups excluding carboxylic acids is 2. The van der Waals surface area contributed by atoms with Gasteiger partial charge in [-0.2, -0.15) is 0 Å². The minimum Gasteiger partial charge on any atom is -0.415 e. The molecule has 0 unspecified atom stereocenters. The van der Waals surface area contributed by atoms with Crippen LogP contribution in [-0.2, 0) is 28.5 Å². The standard InChI is InChI=1S/C22H46N2O6/c1-7-23(8-2,9-3)19-29-21(25)13-15-27-17-18-28-16-14-22(26)30-20-24(10-4,11-5)12-6/h7-20H2,1-6H3/q+2. The summed E-state index contributed by atoms with van der Waals surface area (Å²) in [7, 11) is 0. The van der Waals surface area contributed by atoms with Crippen LogP contribution >= 0.6 is 0 Å². The summed E-state index contributed by atoms with van der Waals surface area (Å²) in [5.41, 5.74) is 0. The monoisotopic (exact) mass is 434 g/mol. The van der Waals surface area contributed by atoms with Crippen molar-refractivity contribution in [3.8, 4) is 0 Å². The molecule has 8 heteroatoms. The first-order valence-electron chi connectivity index (χ1n) is 11.5. The lowest BCUT2D eigenvalue weighted by Gasteiger charge is -2.34. The second-order valence-electron chi connectivity index (χ2n) is 7.60. The summed E-state index contributed by atoms with van der Waals surface area (Å²) < 4.78 is 23.2. The van der Waals surface area contributed by atoms with Gasteiger partial charge in [0.15, 0.2) is 0 Å². The number of esters is 2. The molecule has 0 spiro atoms. The molecule has 0 radical (unpaired) electrons. The summed E-state index contributed by atoms with van der Waals surface area (Å²) in [6.45, 7) is 20.5. The van der Waals surface area contributed by atoms with Gasteiger partial charge in [0.2, 0.25) is 13.5 Å². The van der Waals surface area contributed by atoms with Gasteiger partial charge in [-0.3, -0.25) is 18.6 Å². The average Bonchev–Trinajstić information content (AvgIpc) is 2.78. The van der Waals surface area contributed by atoms with Gasteiger partial charge in [0.25, 0.3) is 0 Å². The number of nitrogens with zero attached hydrogens (tertiary/aromatic N) is 2. The molecule has 0 aliphatic heterocycles. The van der Waals surface area contributed by atoms with E-state index in [-0.39, 0.29) is 24.8 Å². The quantitative estimate of drug-likeness (QED) is 0.135. The fourth-order valence-corrected chi connectivity index (χ4v) is 3.08. The van der Waals surface area contributed by atoms with Crippen molar-refractivity contribution in [3.05, 3.63) is 0 Å². The van der Waals surface area contributed by atoms with Crippen LogP contribution in [0.5, 0.6) is 0 Å². The summed E-state index contributed by atoms with van der Waals surface area (Å²) in [6.07, 6.45) is 0.464. The molecule has 0 amide bonds. The van der Waals surface area contributed by atoms with Crippen molar-refractivity contribution in [1.29, 1.82) is 0 Å². The molecule has 0 aromatic heterocycles. The van der Waals surface area contributed by atoms with E-state index in [1.807, 2.05) is 0 Å². The third-order valence-electron chi connectivity index (χ3n) is 6.30. The van der Waals surface area contributed by atoms with E-state index in [0.29, 0.717) is 39.9 Å². The Bertz CT molecular complexity index is 406. The Morgan fingerprint density at radius 2 is 0.833 bits per heavy atom. The Morgan fingerprint density at radius 3 is 1.10 bits per heavy atom. The summed E-state index contributed by atoms with van der Waals surface area (Å²) in [4.78, 5) is 23.7. The molecule has 0 aromatic carbocycles. The summed E-state index contributed by atoms with van der Waals surface area (Å²) in [5.74, 6) is -0.477. The van der Waals surface area contributed by atoms with E-state index in [1.165, 1.54) is 0 Å². The molecular formula is C22H46N2O6+2. The van der Waals surface area contributed by atoms with Crippen LogP contribution in [0.1, 0.15) is 54.4 Å². The zero-order valence-electron chi connectivity index (χ0n) is 20.2. The average molecular weight is 435 g/mol. The Hall–Kier alpha value is -1.22. The molecule has 0 bridgehead atoms. The second-order valence-corrected chi connectivity index (χ2v) is 7.60. The molecule has 0 saturated heterocycles. The SMILES string of the molecule is CC[N+](CC)(CC)COC(=O)CCOCCOCCC(=O)OC[N+](CC)(CC)CC. The molecule has 30 heavy (non-hydrogen) atoms. The third-order valence-corrected chi connectivity index (χ3v) is 6.30. The van der Waals surface area contributed by atoms with Crippen molar-refractivity contribution in [1.82, 2.24) is 0 Å². The highest BCUT2D eigenvalue weighted by atomic mass is 16.6.